The fourth-order valence-electron chi connectivity index (χ4n) is 2.18. The topological polar surface area (TPSA) is 55.6 Å². The van der Waals surface area contributed by atoms with Gasteiger partial charge in [-0.1, -0.05) is 19.9 Å². The molecule has 20 heavy (non-hydrogen) atoms. The van der Waals surface area contributed by atoms with E-state index in [-0.39, 0.29) is 11.8 Å². The lowest BCUT2D eigenvalue weighted by atomic mass is 9.96. The molecule has 1 aromatic rings. The largest absolute Gasteiger partial charge is 0.383 e. The van der Waals surface area contributed by atoms with Gasteiger partial charge < -0.3 is 15.4 Å². The van der Waals surface area contributed by atoms with Gasteiger partial charge in [-0.2, -0.15) is 0 Å². The fourth-order valence-corrected chi connectivity index (χ4v) is 2.90. The Morgan fingerprint density at radius 2 is 2.25 bits per heavy atom. The molecule has 0 aliphatic carbocycles. The SMILES string of the molecule is COCCN(Cc1cccs1)C(=O)C(CN)CC(C)C. The first-order chi connectivity index (χ1) is 9.58. The third-order valence-electron chi connectivity index (χ3n) is 3.19. The Morgan fingerprint density at radius 1 is 1.50 bits per heavy atom. The molecule has 1 unspecified atom stereocenters. The summed E-state index contributed by atoms with van der Waals surface area (Å²) in [5.74, 6) is 0.525. The quantitative estimate of drug-likeness (QED) is 0.761. The van der Waals surface area contributed by atoms with E-state index in [0.29, 0.717) is 32.2 Å². The van der Waals surface area contributed by atoms with Gasteiger partial charge in [-0.05, 0) is 23.8 Å². The van der Waals surface area contributed by atoms with Crippen molar-refractivity contribution in [3.05, 3.63) is 22.4 Å². The molecular weight excluding hydrogens is 272 g/mol. The minimum Gasteiger partial charge on any atom is -0.383 e. The molecule has 0 bridgehead atoms. The smallest absolute Gasteiger partial charge is 0.227 e. The van der Waals surface area contributed by atoms with Gasteiger partial charge in [-0.25, -0.2) is 0 Å². The van der Waals surface area contributed by atoms with E-state index in [4.69, 9.17) is 10.5 Å². The number of nitrogens with two attached hydrogens (primary N) is 1. The highest BCUT2D eigenvalue weighted by atomic mass is 32.1. The molecule has 0 spiro atoms. The zero-order valence-electron chi connectivity index (χ0n) is 12.7. The highest BCUT2D eigenvalue weighted by Crippen LogP contribution is 2.17. The van der Waals surface area contributed by atoms with E-state index in [9.17, 15) is 4.79 Å². The molecule has 1 amide bonds. The summed E-state index contributed by atoms with van der Waals surface area (Å²) in [6.07, 6.45) is 0.837. The maximum atomic E-state index is 12.6. The Kier molecular flexibility index (Phi) is 7.80. The van der Waals surface area contributed by atoms with Gasteiger partial charge >= 0.3 is 0 Å². The fraction of sp³-hybridized carbons (Fsp3) is 0.667. The average molecular weight is 298 g/mol. The lowest BCUT2D eigenvalue weighted by Gasteiger charge is -2.27. The van der Waals surface area contributed by atoms with Crippen LogP contribution >= 0.6 is 11.3 Å². The zero-order valence-corrected chi connectivity index (χ0v) is 13.5. The molecule has 0 aromatic carbocycles. The summed E-state index contributed by atoms with van der Waals surface area (Å²) < 4.78 is 5.11. The molecule has 1 rings (SSSR count). The second-order valence-corrected chi connectivity index (χ2v) is 6.43. The molecule has 0 saturated heterocycles. The van der Waals surface area contributed by atoms with E-state index >= 15 is 0 Å². The van der Waals surface area contributed by atoms with Crippen LogP contribution in [0, 0.1) is 11.8 Å². The van der Waals surface area contributed by atoms with Crippen LogP contribution < -0.4 is 5.73 Å². The number of thiophene rings is 1. The van der Waals surface area contributed by atoms with Gasteiger partial charge in [-0.15, -0.1) is 11.3 Å². The number of hydrogen-bond donors (Lipinski definition) is 1. The summed E-state index contributed by atoms with van der Waals surface area (Å²) in [7, 11) is 1.66. The van der Waals surface area contributed by atoms with Crippen LogP contribution in [0.4, 0.5) is 0 Å². The van der Waals surface area contributed by atoms with Crippen LogP contribution in [0.3, 0.4) is 0 Å². The minimum absolute atomic E-state index is 0.0909. The maximum absolute atomic E-state index is 12.6. The Morgan fingerprint density at radius 3 is 2.75 bits per heavy atom. The number of methoxy groups -OCH3 is 1. The summed E-state index contributed by atoms with van der Waals surface area (Å²) in [5, 5.41) is 2.03. The highest BCUT2D eigenvalue weighted by Gasteiger charge is 2.24. The predicted molar refractivity (Wildman–Crippen MR) is 83.6 cm³/mol. The van der Waals surface area contributed by atoms with Gasteiger partial charge in [0.2, 0.25) is 5.91 Å². The predicted octanol–water partition coefficient (Wildman–Crippen LogP) is 2.34. The number of rotatable bonds is 9. The molecule has 1 atom stereocenters. The summed E-state index contributed by atoms with van der Waals surface area (Å²) in [6, 6.07) is 4.06. The van der Waals surface area contributed by atoms with Crippen LogP contribution in [0.25, 0.3) is 0 Å². The van der Waals surface area contributed by atoms with Crippen molar-refractivity contribution in [2.45, 2.75) is 26.8 Å². The Bertz CT molecular complexity index is 379. The molecule has 0 aliphatic heterocycles. The molecule has 5 heteroatoms. The molecule has 0 radical (unpaired) electrons. The minimum atomic E-state index is -0.0909. The first-order valence-corrected chi connectivity index (χ1v) is 7.96. The molecule has 114 valence electrons. The van der Waals surface area contributed by atoms with Crippen LogP contribution in [0.2, 0.25) is 0 Å². The van der Waals surface area contributed by atoms with Crippen LogP contribution in [0.15, 0.2) is 17.5 Å². The van der Waals surface area contributed by atoms with E-state index in [1.807, 2.05) is 16.3 Å². The lowest BCUT2D eigenvalue weighted by molar-refractivity contribution is -0.137. The third-order valence-corrected chi connectivity index (χ3v) is 4.05. The van der Waals surface area contributed by atoms with Crippen molar-refractivity contribution in [3.8, 4) is 0 Å². The Balaban J connectivity index is 2.71. The van der Waals surface area contributed by atoms with Crippen LogP contribution in [0.5, 0.6) is 0 Å². The van der Waals surface area contributed by atoms with E-state index in [0.717, 1.165) is 6.42 Å². The third kappa shape index (κ3) is 5.61. The first-order valence-electron chi connectivity index (χ1n) is 7.08. The molecule has 0 saturated carbocycles. The number of amides is 1. The van der Waals surface area contributed by atoms with Gasteiger partial charge in [-0.3, -0.25) is 4.79 Å². The first kappa shape index (κ1) is 17.1. The zero-order chi connectivity index (χ0) is 15.0. The van der Waals surface area contributed by atoms with Crippen molar-refractivity contribution in [3.63, 3.8) is 0 Å². The summed E-state index contributed by atoms with van der Waals surface area (Å²) in [6.45, 7) is 6.46. The van der Waals surface area contributed by atoms with Crippen LogP contribution in [0.1, 0.15) is 25.1 Å². The molecule has 0 fully saturated rings. The van der Waals surface area contributed by atoms with Gasteiger partial charge in [0.05, 0.1) is 19.1 Å². The van der Waals surface area contributed by atoms with E-state index < -0.39 is 0 Å². The van der Waals surface area contributed by atoms with Crippen LogP contribution in [-0.2, 0) is 16.1 Å². The van der Waals surface area contributed by atoms with Crippen molar-refractivity contribution in [2.75, 3.05) is 26.8 Å². The van der Waals surface area contributed by atoms with Crippen molar-refractivity contribution in [1.29, 1.82) is 0 Å². The number of nitrogens with zero attached hydrogens (tertiary/aromatic N) is 1. The van der Waals surface area contributed by atoms with Gasteiger partial charge in [0.1, 0.15) is 0 Å². The van der Waals surface area contributed by atoms with Crippen molar-refractivity contribution >= 4 is 17.2 Å². The van der Waals surface area contributed by atoms with Crippen molar-refractivity contribution in [2.24, 2.45) is 17.6 Å². The highest BCUT2D eigenvalue weighted by molar-refractivity contribution is 7.09. The molecule has 0 aliphatic rings. The normalized spacial score (nSPS) is 12.7. The molecule has 1 heterocycles. The molecular formula is C15H26N2O2S. The summed E-state index contributed by atoms with van der Waals surface area (Å²) >= 11 is 1.67. The van der Waals surface area contributed by atoms with E-state index in [1.54, 1.807) is 18.4 Å². The Labute approximate surface area is 125 Å². The Hall–Kier alpha value is -0.910. The summed E-state index contributed by atoms with van der Waals surface area (Å²) in [4.78, 5) is 15.7. The number of hydrogen-bond acceptors (Lipinski definition) is 4. The van der Waals surface area contributed by atoms with Crippen molar-refractivity contribution in [1.82, 2.24) is 4.90 Å². The number of ether oxygens (including phenoxy) is 1. The second-order valence-electron chi connectivity index (χ2n) is 5.39. The van der Waals surface area contributed by atoms with Crippen LogP contribution in [-0.4, -0.2) is 37.6 Å². The van der Waals surface area contributed by atoms with Crippen molar-refractivity contribution < 1.29 is 9.53 Å². The number of carbonyl (C=O) groups is 1. The van der Waals surface area contributed by atoms with Gasteiger partial charge in [0, 0.05) is 25.1 Å². The molecule has 1 aromatic heterocycles. The van der Waals surface area contributed by atoms with E-state index in [1.165, 1.54) is 4.88 Å². The lowest BCUT2D eigenvalue weighted by Crippen LogP contribution is -2.40. The monoisotopic (exact) mass is 298 g/mol. The molecule has 4 nitrogen and oxygen atoms in total. The number of carbonyl (C=O) groups excluding carboxylic acids is 1. The second kappa shape index (κ2) is 9.10. The average Bonchev–Trinajstić information content (AvgIpc) is 2.92. The summed E-state index contributed by atoms with van der Waals surface area (Å²) in [5.41, 5.74) is 5.79. The standard InChI is InChI=1S/C15H26N2O2S/c1-12(2)9-13(10-16)15(18)17(6-7-19-3)11-14-5-4-8-20-14/h4-5,8,12-13H,6-7,9-11,16H2,1-3H3. The van der Waals surface area contributed by atoms with Gasteiger partial charge in [0.15, 0.2) is 0 Å². The van der Waals surface area contributed by atoms with Gasteiger partial charge in [0.25, 0.3) is 0 Å². The molecule has 2 N–H and O–H groups in total. The maximum Gasteiger partial charge on any atom is 0.227 e. The van der Waals surface area contributed by atoms with E-state index in [2.05, 4.69) is 19.9 Å².